The van der Waals surface area contributed by atoms with Crippen LogP contribution in [-0.2, 0) is 65.4 Å². The van der Waals surface area contributed by atoms with Gasteiger partial charge in [-0.1, -0.05) is 253 Å². The lowest BCUT2D eigenvalue weighted by Gasteiger charge is -2.21. The summed E-state index contributed by atoms with van der Waals surface area (Å²) in [6, 6.07) is 0. The number of aliphatic hydroxyl groups excluding tert-OH is 1. The van der Waals surface area contributed by atoms with Crippen LogP contribution in [0.4, 0.5) is 0 Å². The molecular weight excluding hydrogens is 1080 g/mol. The summed E-state index contributed by atoms with van der Waals surface area (Å²) in [7, 11) is -9.87. The van der Waals surface area contributed by atoms with E-state index in [0.717, 1.165) is 121 Å². The highest BCUT2D eigenvalue weighted by molar-refractivity contribution is 7.47. The molecule has 0 saturated heterocycles. The maximum absolute atomic E-state index is 12.9. The second-order valence-electron chi connectivity index (χ2n) is 23.4. The van der Waals surface area contributed by atoms with Gasteiger partial charge >= 0.3 is 39.5 Å². The standard InChI is InChI=1S/C62H120O17P2/c1-7-9-11-13-15-26-34-40-46-61(66)78-57(50-72-59(64)44-38-32-24-14-12-10-8-2)52-76-80(68,69)74-48-56(63)49-75-81(70,71)77-53-58(51-73-60(65)45-39-33-29-28-31-37-43-55(5)6)79-62(67)47-41-35-27-23-21-19-17-16-18-20-22-25-30-36-42-54(3)4/h54-58,63H,7-53H2,1-6H3,(H,68,69)(H,70,71)/t56-,57+,58+/m0/s1. The molecule has 17 nitrogen and oxygen atoms in total. The summed E-state index contributed by atoms with van der Waals surface area (Å²) in [5.74, 6) is -0.671. The molecule has 0 heterocycles. The van der Waals surface area contributed by atoms with Crippen LogP contribution in [0.2, 0.25) is 0 Å². The van der Waals surface area contributed by atoms with Crippen LogP contribution in [0, 0.1) is 11.8 Å². The van der Waals surface area contributed by atoms with Gasteiger partial charge in [0, 0.05) is 25.7 Å². The van der Waals surface area contributed by atoms with Crippen molar-refractivity contribution in [2.75, 3.05) is 39.6 Å². The Morgan fingerprint density at radius 2 is 0.568 bits per heavy atom. The fraction of sp³-hybridized carbons (Fsp3) is 0.935. The average Bonchev–Trinajstić information content (AvgIpc) is 3.42. The number of phosphoric acid groups is 2. The zero-order valence-corrected chi connectivity index (χ0v) is 53.9. The van der Waals surface area contributed by atoms with Gasteiger partial charge in [0.15, 0.2) is 12.2 Å². The Labute approximate surface area is 492 Å². The van der Waals surface area contributed by atoms with E-state index in [9.17, 15) is 43.2 Å². The van der Waals surface area contributed by atoms with Crippen LogP contribution < -0.4 is 0 Å². The SMILES string of the molecule is CCCCCCCCCCC(=O)O[C@H](COC(=O)CCCCCCCCC)COP(=O)(O)OC[C@H](O)COP(=O)(O)OC[C@@H](COC(=O)CCCCCCCCC(C)C)OC(=O)CCCCCCCCCCCCCCCCC(C)C. The quantitative estimate of drug-likeness (QED) is 0.0222. The summed E-state index contributed by atoms with van der Waals surface area (Å²) in [6.45, 7) is 9.35. The van der Waals surface area contributed by atoms with Gasteiger partial charge in [0.2, 0.25) is 0 Å². The molecule has 0 saturated carbocycles. The predicted molar refractivity (Wildman–Crippen MR) is 321 cm³/mol. The topological polar surface area (TPSA) is 237 Å². The molecule has 0 rings (SSSR count). The third kappa shape index (κ3) is 56.9. The van der Waals surface area contributed by atoms with Gasteiger partial charge in [-0.3, -0.25) is 37.3 Å². The van der Waals surface area contributed by atoms with Crippen molar-refractivity contribution >= 4 is 39.5 Å². The van der Waals surface area contributed by atoms with Crippen molar-refractivity contribution in [1.82, 2.24) is 0 Å². The molecule has 81 heavy (non-hydrogen) atoms. The molecule has 0 aliphatic heterocycles. The molecule has 0 aliphatic carbocycles. The fourth-order valence-corrected chi connectivity index (χ4v) is 10.8. The van der Waals surface area contributed by atoms with Gasteiger partial charge in [0.1, 0.15) is 19.3 Å². The molecule has 3 N–H and O–H groups in total. The van der Waals surface area contributed by atoms with E-state index in [2.05, 4.69) is 41.5 Å². The van der Waals surface area contributed by atoms with Gasteiger partial charge in [-0.25, -0.2) is 9.13 Å². The molecule has 0 aliphatic rings. The number of carbonyl (C=O) groups is 4. The van der Waals surface area contributed by atoms with E-state index in [-0.39, 0.29) is 25.7 Å². The first kappa shape index (κ1) is 79.1. The zero-order chi connectivity index (χ0) is 60.1. The van der Waals surface area contributed by atoms with Crippen molar-refractivity contribution in [3.63, 3.8) is 0 Å². The van der Waals surface area contributed by atoms with E-state index in [1.54, 1.807) is 0 Å². The van der Waals surface area contributed by atoms with Crippen molar-refractivity contribution in [3.8, 4) is 0 Å². The highest BCUT2D eigenvalue weighted by Crippen LogP contribution is 2.45. The number of rotatable bonds is 61. The Morgan fingerprint density at radius 3 is 0.840 bits per heavy atom. The minimum atomic E-state index is -4.94. The smallest absolute Gasteiger partial charge is 0.462 e. The highest BCUT2D eigenvalue weighted by atomic mass is 31.2. The maximum atomic E-state index is 12.9. The number of unbranched alkanes of at least 4 members (excludes halogenated alkanes) is 31. The lowest BCUT2D eigenvalue weighted by molar-refractivity contribution is -0.161. The minimum Gasteiger partial charge on any atom is -0.462 e. The summed E-state index contributed by atoms with van der Waals surface area (Å²) < 4.78 is 67.7. The third-order valence-electron chi connectivity index (χ3n) is 14.2. The number of hydrogen-bond acceptors (Lipinski definition) is 15. The Morgan fingerprint density at radius 1 is 0.333 bits per heavy atom. The number of esters is 4. The number of phosphoric ester groups is 2. The maximum Gasteiger partial charge on any atom is 0.472 e. The lowest BCUT2D eigenvalue weighted by atomic mass is 10.0. The van der Waals surface area contributed by atoms with Crippen LogP contribution >= 0.6 is 15.6 Å². The number of hydrogen-bond donors (Lipinski definition) is 3. The largest absolute Gasteiger partial charge is 0.472 e. The van der Waals surface area contributed by atoms with Crippen molar-refractivity contribution in [2.24, 2.45) is 11.8 Å². The van der Waals surface area contributed by atoms with E-state index in [4.69, 9.17) is 37.0 Å². The van der Waals surface area contributed by atoms with Crippen LogP contribution in [0.1, 0.15) is 305 Å². The molecule has 0 aromatic carbocycles. The van der Waals surface area contributed by atoms with Crippen LogP contribution in [0.3, 0.4) is 0 Å². The second-order valence-corrected chi connectivity index (χ2v) is 26.3. The Bertz CT molecular complexity index is 1600. The Hall–Kier alpha value is -1.94. The third-order valence-corrected chi connectivity index (χ3v) is 16.1. The van der Waals surface area contributed by atoms with Gasteiger partial charge in [-0.15, -0.1) is 0 Å². The summed E-state index contributed by atoms with van der Waals surface area (Å²) >= 11 is 0. The Balaban J connectivity index is 5.15. The molecule has 19 heteroatoms. The van der Waals surface area contributed by atoms with Gasteiger partial charge < -0.3 is 33.8 Å². The highest BCUT2D eigenvalue weighted by Gasteiger charge is 2.30. The normalized spacial score (nSPS) is 14.4. The molecule has 480 valence electrons. The van der Waals surface area contributed by atoms with Gasteiger partial charge in [0.25, 0.3) is 0 Å². The molecule has 0 aromatic rings. The van der Waals surface area contributed by atoms with Crippen LogP contribution in [-0.4, -0.2) is 96.7 Å². The summed E-state index contributed by atoms with van der Waals surface area (Å²) in [5, 5.41) is 10.5. The van der Waals surface area contributed by atoms with Crippen molar-refractivity contribution < 1.29 is 80.2 Å². The molecular formula is C62H120O17P2. The van der Waals surface area contributed by atoms with Gasteiger partial charge in [0.05, 0.1) is 26.4 Å². The molecule has 5 atom stereocenters. The van der Waals surface area contributed by atoms with Gasteiger partial charge in [-0.05, 0) is 37.5 Å². The van der Waals surface area contributed by atoms with Gasteiger partial charge in [-0.2, -0.15) is 0 Å². The molecule has 2 unspecified atom stereocenters. The molecule has 0 amide bonds. The second kappa shape index (κ2) is 54.7. The summed E-state index contributed by atoms with van der Waals surface area (Å²) in [6.07, 6.45) is 36.6. The first-order valence-corrected chi connectivity index (χ1v) is 35.5. The van der Waals surface area contributed by atoms with E-state index >= 15 is 0 Å². The van der Waals surface area contributed by atoms with E-state index in [0.29, 0.717) is 31.6 Å². The first-order chi connectivity index (χ1) is 38.9. The fourth-order valence-electron chi connectivity index (χ4n) is 9.18. The predicted octanol–water partition coefficient (Wildman–Crippen LogP) is 16.9. The molecule has 0 fully saturated rings. The number of carbonyl (C=O) groups excluding carboxylic acids is 4. The number of ether oxygens (including phenoxy) is 4. The van der Waals surface area contributed by atoms with E-state index in [1.165, 1.54) is 96.3 Å². The van der Waals surface area contributed by atoms with Crippen LogP contribution in [0.25, 0.3) is 0 Å². The van der Waals surface area contributed by atoms with Crippen LogP contribution in [0.5, 0.6) is 0 Å². The Kier molecular flexibility index (Phi) is 53.4. The first-order valence-electron chi connectivity index (χ1n) is 32.5. The van der Waals surface area contributed by atoms with Crippen LogP contribution in [0.15, 0.2) is 0 Å². The summed E-state index contributed by atoms with van der Waals surface area (Å²) in [5.41, 5.74) is 0. The average molecular weight is 1200 g/mol. The van der Waals surface area contributed by atoms with Crippen molar-refractivity contribution in [3.05, 3.63) is 0 Å². The van der Waals surface area contributed by atoms with Crippen molar-refractivity contribution in [2.45, 2.75) is 323 Å². The molecule has 0 aromatic heterocycles. The monoisotopic (exact) mass is 1200 g/mol. The van der Waals surface area contributed by atoms with E-state index in [1.807, 2.05) is 0 Å². The summed E-state index contributed by atoms with van der Waals surface area (Å²) in [4.78, 5) is 71.9. The lowest BCUT2D eigenvalue weighted by Crippen LogP contribution is -2.30. The number of aliphatic hydroxyl groups is 1. The minimum absolute atomic E-state index is 0.104. The molecule has 0 spiro atoms. The van der Waals surface area contributed by atoms with E-state index < -0.39 is 97.5 Å². The van der Waals surface area contributed by atoms with Crippen molar-refractivity contribution in [1.29, 1.82) is 0 Å². The molecule has 0 bridgehead atoms. The molecule has 0 radical (unpaired) electrons. The zero-order valence-electron chi connectivity index (χ0n) is 52.1.